The number of carbonyl (C=O) groups is 1. The van der Waals surface area contributed by atoms with Crippen LogP contribution in [0.1, 0.15) is 251 Å². The van der Waals surface area contributed by atoms with E-state index in [4.69, 9.17) is 28.4 Å². The van der Waals surface area contributed by atoms with E-state index >= 15 is 0 Å². The lowest BCUT2D eigenvalue weighted by Gasteiger charge is -2.48. The fourth-order valence-corrected chi connectivity index (χ4v) is 11.7. The molecule has 0 aliphatic carbocycles. The first-order valence-corrected chi connectivity index (χ1v) is 34.9. The molecule has 17 atom stereocenters. The van der Waals surface area contributed by atoms with Gasteiger partial charge in [-0.05, 0) is 57.8 Å². The number of rotatable bonds is 53. The Morgan fingerprint density at radius 3 is 1.17 bits per heavy atom. The number of allylic oxidation sites excluding steroid dienone is 7. The SMILES string of the molecule is CCCCCCC/C=C\C/C=C\C/C=C\CCCCCCCCCCCCCCCCCCCCCCC(=O)NC(COC1OC(CO)C(OC2OC(CO)C(OC3OC(CO)C(O)C(O)C3O)C(O)C2O)C(O)C1O)C(O)/C=C/CCCCCCCC. The number of aliphatic hydroxyl groups excluding tert-OH is 11. The maximum atomic E-state index is 13.3. The number of amides is 1. The summed E-state index contributed by atoms with van der Waals surface area (Å²) in [6.45, 7) is 1.66. The van der Waals surface area contributed by atoms with Gasteiger partial charge in [-0.3, -0.25) is 4.79 Å². The second-order valence-electron chi connectivity index (χ2n) is 25.0. The molecule has 0 aromatic heterocycles. The zero-order valence-electron chi connectivity index (χ0n) is 54.2. The lowest BCUT2D eigenvalue weighted by molar-refractivity contribution is -0.379. The van der Waals surface area contributed by atoms with Crippen LogP contribution in [0, 0.1) is 0 Å². The predicted molar refractivity (Wildman–Crippen MR) is 342 cm³/mol. The van der Waals surface area contributed by atoms with Crippen molar-refractivity contribution in [1.29, 1.82) is 0 Å². The van der Waals surface area contributed by atoms with Crippen molar-refractivity contribution < 1.29 is 89.4 Å². The monoisotopic (exact) mass is 1260 g/mol. The summed E-state index contributed by atoms with van der Waals surface area (Å²) < 4.78 is 34.2. The maximum Gasteiger partial charge on any atom is 0.220 e. The number of aliphatic hydroxyl groups is 11. The highest BCUT2D eigenvalue weighted by Crippen LogP contribution is 2.33. The fourth-order valence-electron chi connectivity index (χ4n) is 11.7. The average molecular weight is 1260 g/mol. The van der Waals surface area contributed by atoms with Crippen LogP contribution in [0.25, 0.3) is 0 Å². The van der Waals surface area contributed by atoms with Gasteiger partial charge in [0.15, 0.2) is 18.9 Å². The second-order valence-corrected chi connectivity index (χ2v) is 25.0. The Labute approximate surface area is 529 Å². The van der Waals surface area contributed by atoms with Crippen molar-refractivity contribution >= 4 is 5.91 Å². The molecule has 0 aromatic rings. The number of hydrogen-bond donors (Lipinski definition) is 12. The lowest BCUT2D eigenvalue weighted by Crippen LogP contribution is -2.66. The molecule has 12 N–H and O–H groups in total. The van der Waals surface area contributed by atoms with Gasteiger partial charge in [-0.1, -0.05) is 236 Å². The summed E-state index contributed by atoms with van der Waals surface area (Å²) in [6.07, 6.45) is 34.4. The molecule has 3 fully saturated rings. The molecule has 3 rings (SSSR count). The van der Waals surface area contributed by atoms with Gasteiger partial charge >= 0.3 is 0 Å². The highest BCUT2D eigenvalue weighted by molar-refractivity contribution is 5.76. The number of unbranched alkanes of at least 4 members (excludes halogenated alkanes) is 31. The zero-order valence-corrected chi connectivity index (χ0v) is 54.2. The predicted octanol–water partition coefficient (Wildman–Crippen LogP) is 9.00. The van der Waals surface area contributed by atoms with Gasteiger partial charge in [-0.2, -0.15) is 0 Å². The van der Waals surface area contributed by atoms with Crippen molar-refractivity contribution in [1.82, 2.24) is 5.32 Å². The summed E-state index contributed by atoms with van der Waals surface area (Å²) in [5, 5.41) is 120. The van der Waals surface area contributed by atoms with E-state index in [1.807, 2.05) is 6.08 Å². The smallest absolute Gasteiger partial charge is 0.220 e. The van der Waals surface area contributed by atoms with Crippen LogP contribution in [0.2, 0.25) is 0 Å². The molecule has 0 saturated carbocycles. The minimum absolute atomic E-state index is 0.244. The van der Waals surface area contributed by atoms with E-state index in [9.17, 15) is 61.0 Å². The summed E-state index contributed by atoms with van der Waals surface area (Å²) in [7, 11) is 0. The average Bonchev–Trinajstić information content (AvgIpc) is 1.15. The number of hydrogen-bond acceptors (Lipinski definition) is 18. The maximum absolute atomic E-state index is 13.3. The minimum atomic E-state index is -1.98. The zero-order chi connectivity index (χ0) is 64.0. The summed E-state index contributed by atoms with van der Waals surface area (Å²) in [5.74, 6) is -0.277. The third-order valence-corrected chi connectivity index (χ3v) is 17.4. The van der Waals surface area contributed by atoms with E-state index in [0.717, 1.165) is 64.2 Å². The Morgan fingerprint density at radius 1 is 0.409 bits per heavy atom. The number of nitrogens with one attached hydrogen (secondary N) is 1. The Bertz CT molecular complexity index is 1790. The third-order valence-electron chi connectivity index (χ3n) is 17.4. The van der Waals surface area contributed by atoms with Crippen molar-refractivity contribution in [2.45, 2.75) is 356 Å². The van der Waals surface area contributed by atoms with Crippen LogP contribution in [0.5, 0.6) is 0 Å². The van der Waals surface area contributed by atoms with Crippen LogP contribution < -0.4 is 5.32 Å². The summed E-state index contributed by atoms with van der Waals surface area (Å²) >= 11 is 0. The molecule has 3 aliphatic heterocycles. The molecule has 514 valence electrons. The molecule has 0 spiro atoms. The highest BCUT2D eigenvalue weighted by Gasteiger charge is 2.53. The molecule has 17 unspecified atom stereocenters. The van der Waals surface area contributed by atoms with Crippen LogP contribution in [0.15, 0.2) is 48.6 Å². The van der Waals surface area contributed by atoms with E-state index in [2.05, 4.69) is 55.6 Å². The Morgan fingerprint density at radius 2 is 0.750 bits per heavy atom. The van der Waals surface area contributed by atoms with E-state index in [1.54, 1.807) is 6.08 Å². The lowest BCUT2D eigenvalue weighted by atomic mass is 9.96. The van der Waals surface area contributed by atoms with E-state index in [0.29, 0.717) is 6.42 Å². The van der Waals surface area contributed by atoms with Gasteiger partial charge in [0.1, 0.15) is 73.2 Å². The van der Waals surface area contributed by atoms with Crippen LogP contribution in [-0.4, -0.2) is 193 Å². The van der Waals surface area contributed by atoms with Crippen molar-refractivity contribution in [3.05, 3.63) is 48.6 Å². The summed E-state index contributed by atoms with van der Waals surface area (Å²) in [6, 6.07) is -0.970. The van der Waals surface area contributed by atoms with Crippen molar-refractivity contribution in [3.8, 4) is 0 Å². The molecule has 1 amide bonds. The van der Waals surface area contributed by atoms with Crippen LogP contribution in [0.4, 0.5) is 0 Å². The summed E-state index contributed by atoms with van der Waals surface area (Å²) in [4.78, 5) is 13.3. The van der Waals surface area contributed by atoms with Gasteiger partial charge in [0.05, 0.1) is 38.6 Å². The normalized spacial score (nSPS) is 28.7. The summed E-state index contributed by atoms with van der Waals surface area (Å²) in [5.41, 5.74) is 0. The minimum Gasteiger partial charge on any atom is -0.394 e. The van der Waals surface area contributed by atoms with E-state index in [1.165, 1.54) is 161 Å². The van der Waals surface area contributed by atoms with Crippen molar-refractivity contribution in [3.63, 3.8) is 0 Å². The van der Waals surface area contributed by atoms with Crippen LogP contribution in [0.3, 0.4) is 0 Å². The molecule has 88 heavy (non-hydrogen) atoms. The van der Waals surface area contributed by atoms with Gasteiger partial charge in [0.25, 0.3) is 0 Å². The van der Waals surface area contributed by atoms with E-state index in [-0.39, 0.29) is 18.9 Å². The number of carbonyl (C=O) groups excluding carboxylic acids is 1. The highest BCUT2D eigenvalue weighted by atomic mass is 16.8. The first-order valence-electron chi connectivity index (χ1n) is 34.9. The Kier molecular flexibility index (Phi) is 46.5. The molecule has 0 bridgehead atoms. The molecular formula is C69H125NO18. The standard InChI is InChI=1S/C69H125NO18/c1-3-5-7-9-11-13-14-15-16-17-18-19-20-21-22-23-24-25-26-27-28-29-30-31-32-33-34-35-36-37-38-39-41-43-45-47-57(75)70-52(53(74)46-44-42-40-12-10-8-6-4-2)51-83-67-63(81)60(78)65(55(49-72)85-67)88-69-64(82)61(79)66(56(50-73)86-69)87-68-62(80)59(77)58(76)54(48-71)84-68/h14-15,17-18,20-21,44,46,52-56,58-69,71-74,76-82H,3-13,16,19,22-43,45,47-51H2,1-2H3,(H,70,75)/b15-14-,18-17-,21-20-,46-44+. The van der Waals surface area contributed by atoms with Gasteiger partial charge in [0, 0.05) is 6.42 Å². The largest absolute Gasteiger partial charge is 0.394 e. The molecule has 3 aliphatic rings. The molecule has 0 radical (unpaired) electrons. The number of ether oxygens (including phenoxy) is 6. The molecule has 3 heterocycles. The third kappa shape index (κ3) is 33.0. The van der Waals surface area contributed by atoms with Gasteiger partial charge < -0.3 is 89.9 Å². The Hall–Kier alpha value is -2.25. The Balaban J connectivity index is 1.29. The van der Waals surface area contributed by atoms with Crippen LogP contribution in [-0.2, 0) is 33.2 Å². The van der Waals surface area contributed by atoms with Crippen molar-refractivity contribution in [2.24, 2.45) is 0 Å². The topological polar surface area (TPSA) is 307 Å². The first kappa shape index (κ1) is 80.0. The molecule has 19 nitrogen and oxygen atoms in total. The molecule has 0 aromatic carbocycles. The van der Waals surface area contributed by atoms with Gasteiger partial charge in [0.2, 0.25) is 5.91 Å². The first-order chi connectivity index (χ1) is 42.8. The van der Waals surface area contributed by atoms with Gasteiger partial charge in [-0.15, -0.1) is 0 Å². The quantitative estimate of drug-likeness (QED) is 0.0200. The molecule has 19 heteroatoms. The van der Waals surface area contributed by atoms with Gasteiger partial charge in [-0.25, -0.2) is 0 Å². The van der Waals surface area contributed by atoms with E-state index < -0.39 is 124 Å². The van der Waals surface area contributed by atoms with Crippen LogP contribution >= 0.6 is 0 Å². The molecule has 3 saturated heterocycles. The fraction of sp³-hybridized carbons (Fsp3) is 0.870. The molecular weight excluding hydrogens is 1130 g/mol. The second kappa shape index (κ2) is 51.2. The van der Waals surface area contributed by atoms with Crippen molar-refractivity contribution in [2.75, 3.05) is 26.4 Å².